The van der Waals surface area contributed by atoms with Gasteiger partial charge < -0.3 is 5.32 Å². The van der Waals surface area contributed by atoms with E-state index in [0.717, 1.165) is 10.7 Å². The van der Waals surface area contributed by atoms with E-state index in [4.69, 9.17) is 0 Å². The van der Waals surface area contributed by atoms with E-state index < -0.39 is 11.2 Å². The average molecular weight is 280 g/mol. The molecule has 2 aromatic rings. The summed E-state index contributed by atoms with van der Waals surface area (Å²) in [6, 6.07) is 0. The van der Waals surface area contributed by atoms with Crippen molar-refractivity contribution in [3.05, 3.63) is 21.1 Å². The number of thiazole rings is 1. The molecule has 0 atom stereocenters. The number of alkyl halides is 3. The van der Waals surface area contributed by atoms with E-state index in [1.165, 1.54) is 11.3 Å². The van der Waals surface area contributed by atoms with E-state index in [-0.39, 0.29) is 5.13 Å². The summed E-state index contributed by atoms with van der Waals surface area (Å²) in [7, 11) is 0. The fourth-order valence-electron chi connectivity index (χ4n) is 1.04. The Morgan fingerprint density at radius 3 is 2.65 bits per heavy atom. The van der Waals surface area contributed by atoms with Gasteiger partial charge in [-0.2, -0.15) is 13.2 Å². The second-order valence-electron chi connectivity index (χ2n) is 3.15. The van der Waals surface area contributed by atoms with E-state index in [9.17, 15) is 13.2 Å². The van der Waals surface area contributed by atoms with Crippen molar-refractivity contribution in [3.63, 3.8) is 0 Å². The second kappa shape index (κ2) is 4.57. The third-order valence-corrected chi connectivity index (χ3v) is 3.62. The number of anilines is 1. The molecule has 0 aliphatic rings. The molecule has 4 nitrogen and oxygen atoms in total. The third kappa shape index (κ3) is 3.13. The van der Waals surface area contributed by atoms with Gasteiger partial charge in [0.05, 0.1) is 6.54 Å². The van der Waals surface area contributed by atoms with Gasteiger partial charge in [-0.3, -0.25) is 0 Å². The summed E-state index contributed by atoms with van der Waals surface area (Å²) in [5, 5.41) is 11.1. The van der Waals surface area contributed by atoms with E-state index in [1.807, 2.05) is 12.3 Å². The lowest BCUT2D eigenvalue weighted by Gasteiger charge is -1.98. The summed E-state index contributed by atoms with van der Waals surface area (Å²) in [4.78, 5) is 4.17. The van der Waals surface area contributed by atoms with Gasteiger partial charge in [0.1, 0.15) is 5.01 Å². The maximum absolute atomic E-state index is 12.2. The maximum atomic E-state index is 12.2. The molecular formula is C8H7F3N4S2. The first-order valence-electron chi connectivity index (χ1n) is 4.51. The fourth-order valence-corrected chi connectivity index (χ4v) is 2.36. The largest absolute Gasteiger partial charge is 0.445 e. The molecule has 0 saturated carbocycles. The Morgan fingerprint density at radius 2 is 2.12 bits per heavy atom. The lowest BCUT2D eigenvalue weighted by molar-refractivity contribution is -0.138. The SMILES string of the molecule is Cc1csc(CNc2nnc(C(F)(F)F)s2)n1. The molecule has 0 unspecified atom stereocenters. The molecule has 0 aliphatic carbocycles. The van der Waals surface area contributed by atoms with Crippen molar-refractivity contribution in [2.45, 2.75) is 19.6 Å². The van der Waals surface area contributed by atoms with Crippen LogP contribution in [0.25, 0.3) is 0 Å². The molecule has 0 spiro atoms. The van der Waals surface area contributed by atoms with Gasteiger partial charge in [0.2, 0.25) is 10.1 Å². The molecule has 0 aliphatic heterocycles. The van der Waals surface area contributed by atoms with Crippen molar-refractivity contribution < 1.29 is 13.2 Å². The number of aromatic nitrogens is 3. The smallest absolute Gasteiger partial charge is 0.354 e. The Hall–Kier alpha value is -1.22. The minimum atomic E-state index is -4.44. The van der Waals surface area contributed by atoms with E-state index in [1.54, 1.807) is 0 Å². The summed E-state index contributed by atoms with van der Waals surface area (Å²) >= 11 is 1.93. The van der Waals surface area contributed by atoms with Gasteiger partial charge in [0.25, 0.3) is 0 Å². The minimum absolute atomic E-state index is 0.144. The molecule has 2 rings (SSSR count). The zero-order valence-corrected chi connectivity index (χ0v) is 10.2. The predicted octanol–water partition coefficient (Wildman–Crippen LogP) is 2.93. The summed E-state index contributed by atoms with van der Waals surface area (Å²) in [5.41, 5.74) is 0.889. The highest BCUT2D eigenvalue weighted by Gasteiger charge is 2.35. The molecule has 9 heteroatoms. The number of hydrogen-bond acceptors (Lipinski definition) is 6. The number of aryl methyl sites for hydroxylation is 1. The first-order valence-corrected chi connectivity index (χ1v) is 6.20. The van der Waals surface area contributed by atoms with E-state index in [2.05, 4.69) is 20.5 Å². The Morgan fingerprint density at radius 1 is 1.35 bits per heavy atom. The van der Waals surface area contributed by atoms with Gasteiger partial charge in [-0.05, 0) is 6.92 Å². The number of nitrogens with one attached hydrogen (secondary N) is 1. The van der Waals surface area contributed by atoms with Crippen LogP contribution in [0.3, 0.4) is 0 Å². The summed E-state index contributed by atoms with van der Waals surface area (Å²) < 4.78 is 36.7. The molecule has 2 heterocycles. The minimum Gasteiger partial charge on any atom is -0.354 e. The molecule has 0 aromatic carbocycles. The molecule has 17 heavy (non-hydrogen) atoms. The van der Waals surface area contributed by atoms with Crippen LogP contribution < -0.4 is 5.32 Å². The predicted molar refractivity (Wildman–Crippen MR) is 59.1 cm³/mol. The Labute approximate surface area is 103 Å². The standard InChI is InChI=1S/C8H7F3N4S2/c1-4-3-16-5(13-4)2-12-7-15-14-6(17-7)8(9,10)11/h3H,2H2,1H3,(H,12,15). The Bertz CT molecular complexity index is 505. The molecule has 92 valence electrons. The lowest BCUT2D eigenvalue weighted by Crippen LogP contribution is -2.03. The lowest BCUT2D eigenvalue weighted by atomic mass is 10.6. The van der Waals surface area contributed by atoms with Crippen molar-refractivity contribution in [1.82, 2.24) is 15.2 Å². The summed E-state index contributed by atoms with van der Waals surface area (Å²) in [6.07, 6.45) is -4.44. The van der Waals surface area contributed by atoms with Gasteiger partial charge in [-0.25, -0.2) is 4.98 Å². The fraction of sp³-hybridized carbons (Fsp3) is 0.375. The first-order chi connectivity index (χ1) is 7.95. The molecular weight excluding hydrogens is 273 g/mol. The van der Waals surface area contributed by atoms with Crippen molar-refractivity contribution in [2.24, 2.45) is 0 Å². The van der Waals surface area contributed by atoms with Gasteiger partial charge in [0.15, 0.2) is 0 Å². The normalized spacial score (nSPS) is 11.8. The van der Waals surface area contributed by atoms with Crippen LogP contribution in [0.4, 0.5) is 18.3 Å². The Balaban J connectivity index is 1.98. The van der Waals surface area contributed by atoms with Crippen molar-refractivity contribution in [3.8, 4) is 0 Å². The van der Waals surface area contributed by atoms with Crippen LogP contribution in [0.5, 0.6) is 0 Å². The van der Waals surface area contributed by atoms with Gasteiger partial charge in [-0.1, -0.05) is 11.3 Å². The van der Waals surface area contributed by atoms with Crippen LogP contribution in [0.2, 0.25) is 0 Å². The maximum Gasteiger partial charge on any atom is 0.445 e. The number of rotatable bonds is 3. The monoisotopic (exact) mass is 280 g/mol. The molecule has 0 saturated heterocycles. The van der Waals surface area contributed by atoms with Crippen molar-refractivity contribution in [1.29, 1.82) is 0 Å². The molecule has 1 N–H and O–H groups in total. The highest BCUT2D eigenvalue weighted by molar-refractivity contribution is 7.15. The van der Waals surface area contributed by atoms with Crippen LogP contribution >= 0.6 is 22.7 Å². The second-order valence-corrected chi connectivity index (χ2v) is 5.07. The van der Waals surface area contributed by atoms with Gasteiger partial charge in [-0.15, -0.1) is 21.5 Å². The zero-order chi connectivity index (χ0) is 12.5. The van der Waals surface area contributed by atoms with Crippen LogP contribution in [0, 0.1) is 6.92 Å². The van der Waals surface area contributed by atoms with E-state index >= 15 is 0 Å². The number of nitrogens with zero attached hydrogens (tertiary/aromatic N) is 3. The Kier molecular flexibility index (Phi) is 3.29. The highest BCUT2D eigenvalue weighted by atomic mass is 32.1. The molecule has 0 fully saturated rings. The van der Waals surface area contributed by atoms with Crippen LogP contribution in [-0.2, 0) is 12.7 Å². The first kappa shape index (κ1) is 12.2. The summed E-state index contributed by atoms with van der Waals surface area (Å²) in [6.45, 7) is 2.21. The van der Waals surface area contributed by atoms with Gasteiger partial charge >= 0.3 is 6.18 Å². The topological polar surface area (TPSA) is 50.7 Å². The average Bonchev–Trinajstić information content (AvgIpc) is 2.82. The van der Waals surface area contributed by atoms with E-state index in [0.29, 0.717) is 17.9 Å². The molecule has 0 bridgehead atoms. The molecule has 0 radical (unpaired) electrons. The molecule has 2 aromatic heterocycles. The number of hydrogen-bond donors (Lipinski definition) is 1. The van der Waals surface area contributed by atoms with Gasteiger partial charge in [0, 0.05) is 11.1 Å². The third-order valence-electron chi connectivity index (χ3n) is 1.72. The zero-order valence-electron chi connectivity index (χ0n) is 8.58. The molecule has 0 amide bonds. The highest BCUT2D eigenvalue weighted by Crippen LogP contribution is 2.33. The van der Waals surface area contributed by atoms with Crippen molar-refractivity contribution in [2.75, 3.05) is 5.32 Å². The number of halogens is 3. The summed E-state index contributed by atoms with van der Waals surface area (Å²) in [5.74, 6) is 0. The van der Waals surface area contributed by atoms with Crippen LogP contribution in [0.15, 0.2) is 5.38 Å². The van der Waals surface area contributed by atoms with Crippen LogP contribution in [-0.4, -0.2) is 15.2 Å². The quantitative estimate of drug-likeness (QED) is 0.939. The van der Waals surface area contributed by atoms with Crippen molar-refractivity contribution >= 4 is 27.8 Å². The van der Waals surface area contributed by atoms with Crippen LogP contribution in [0.1, 0.15) is 15.7 Å².